The van der Waals surface area contributed by atoms with E-state index >= 15 is 0 Å². The molecule has 22 valence electrons. The molecule has 4 heavy (non-hydrogen) atoms. The number of halogens is 1. The Hall–Kier alpha value is 0.327. The van der Waals surface area contributed by atoms with E-state index in [1.807, 2.05) is 0 Å². The van der Waals surface area contributed by atoms with Crippen molar-refractivity contribution in [1.82, 2.24) is 0 Å². The molecule has 0 aliphatic heterocycles. The third-order valence-electron chi connectivity index (χ3n) is 0. The third-order valence-corrected chi connectivity index (χ3v) is 0. The molecule has 0 aliphatic rings. The van der Waals surface area contributed by atoms with Crippen LogP contribution in [-0.4, -0.2) is 24.3 Å². The van der Waals surface area contributed by atoms with Gasteiger partial charge in [-0.25, -0.2) is 0 Å². The molecular weight excluding hydrogens is 72.8 g/mol. The van der Waals surface area contributed by atoms with Crippen LogP contribution in [-0.2, 0) is 3.80 Å². The number of hydrogen-bond acceptors (Lipinski definition) is 1. The van der Waals surface area contributed by atoms with E-state index in [0.29, 0.717) is 24.3 Å². The average Bonchev–Trinajstić information content (AvgIpc) is 1.50. The maximum absolute atomic E-state index is 9.50. The van der Waals surface area contributed by atoms with Crippen LogP contribution >= 0.6 is 0 Å². The number of hydrogen-bond donors (Lipinski definition) is 0. The molecule has 0 aromatic heterocycles. The van der Waals surface area contributed by atoms with Gasteiger partial charge in [0, 0.05) is 0 Å². The fourth-order valence-electron chi connectivity index (χ4n) is 0. The van der Waals surface area contributed by atoms with Crippen LogP contribution < -0.4 is 0 Å². The van der Waals surface area contributed by atoms with Gasteiger partial charge in [0.2, 0.25) is 0 Å². The fourth-order valence-corrected chi connectivity index (χ4v) is 0. The van der Waals surface area contributed by atoms with Crippen molar-refractivity contribution < 1.29 is 8.12 Å². The minimum absolute atomic E-state index is 0.500. The predicted octanol–water partition coefficient (Wildman–Crippen LogP) is -1.26. The fraction of sp³-hybridized carbons (Fsp3) is 0. The zero-order chi connectivity index (χ0) is 4.00. The molecule has 0 aromatic carbocycles. The molecule has 0 spiro atoms. The van der Waals surface area contributed by atoms with Gasteiger partial charge in [-0.15, -0.1) is 0 Å². The van der Waals surface area contributed by atoms with Crippen molar-refractivity contribution in [1.29, 1.82) is 0 Å². The predicted molar refractivity (Wildman–Crippen MR) is 17.5 cm³/mol. The molecule has 0 fully saturated rings. The van der Waals surface area contributed by atoms with Crippen LogP contribution in [0.2, 0.25) is 0 Å². The second-order valence-electron chi connectivity index (χ2n) is 0. The summed E-state index contributed by atoms with van der Waals surface area (Å²) in [6, 6.07) is 0. The van der Waals surface area contributed by atoms with Gasteiger partial charge in [-0.05, 0) is 0 Å². The van der Waals surface area contributed by atoms with Gasteiger partial charge < -0.3 is 4.32 Å². The van der Waals surface area contributed by atoms with Crippen molar-refractivity contribution in [3.05, 3.63) is 0 Å². The van der Waals surface area contributed by atoms with Crippen molar-refractivity contribution in [3.63, 3.8) is 0 Å². The quantitative estimate of drug-likeness (QED) is 0.329. The summed E-state index contributed by atoms with van der Waals surface area (Å²) < 4.78 is 17.8. The van der Waals surface area contributed by atoms with Gasteiger partial charge in [0.25, 0.3) is 0 Å². The first-order valence-electron chi connectivity index (χ1n) is 0.667. The zero-order valence-electron chi connectivity index (χ0n) is 2.49. The molecule has 0 bridgehead atoms. The molecule has 0 radical (unpaired) electrons. The molecule has 0 atom stereocenters. The summed E-state index contributed by atoms with van der Waals surface area (Å²) in [5.41, 5.74) is 0. The second-order valence-corrected chi connectivity index (χ2v) is 0. The van der Waals surface area contributed by atoms with Crippen LogP contribution in [0.5, 0.6) is 0 Å². The molecule has 0 aliphatic carbocycles. The Morgan fingerprint density at radius 2 is 1.50 bits per heavy atom. The van der Waals surface area contributed by atoms with E-state index in [9.17, 15) is 4.32 Å². The van der Waals surface area contributed by atoms with E-state index in [4.69, 9.17) is 3.80 Å². The summed E-state index contributed by atoms with van der Waals surface area (Å²) in [7, 11) is 0.500. The van der Waals surface area contributed by atoms with Crippen molar-refractivity contribution in [3.8, 4) is 0 Å². The molecule has 0 rings (SSSR count). The SMILES string of the molecule is BF.[O]=[AlH]. The molecule has 0 N–H and O–H groups in total. The van der Waals surface area contributed by atoms with Crippen molar-refractivity contribution in [2.45, 2.75) is 0 Å². The summed E-state index contributed by atoms with van der Waals surface area (Å²) >= 11 is 0.611. The molecule has 1 nitrogen and oxygen atoms in total. The molecule has 0 aromatic rings. The first-order valence-corrected chi connectivity index (χ1v) is 1.24. The summed E-state index contributed by atoms with van der Waals surface area (Å²) in [6.07, 6.45) is 0. The van der Waals surface area contributed by atoms with Crippen molar-refractivity contribution in [2.75, 3.05) is 0 Å². The average molecular weight is 75.8 g/mol. The summed E-state index contributed by atoms with van der Waals surface area (Å²) in [6.45, 7) is 0. The first-order chi connectivity index (χ1) is 2.00. The van der Waals surface area contributed by atoms with Crippen LogP contribution in [0.4, 0.5) is 4.32 Å². The Balaban J connectivity index is 0. The molecule has 0 amide bonds. The van der Waals surface area contributed by atoms with Gasteiger partial charge in [0.1, 0.15) is 0 Å². The van der Waals surface area contributed by atoms with E-state index in [-0.39, 0.29) is 0 Å². The summed E-state index contributed by atoms with van der Waals surface area (Å²) in [5.74, 6) is 0. The van der Waals surface area contributed by atoms with Gasteiger partial charge >= 0.3 is 28.2 Å². The summed E-state index contributed by atoms with van der Waals surface area (Å²) in [4.78, 5) is 0. The van der Waals surface area contributed by atoms with Crippen LogP contribution in [0.25, 0.3) is 0 Å². The molecule has 4 heteroatoms. The molecule has 0 heterocycles. The summed E-state index contributed by atoms with van der Waals surface area (Å²) in [5, 5.41) is 0. The van der Waals surface area contributed by atoms with Gasteiger partial charge in [-0.2, -0.15) is 0 Å². The van der Waals surface area contributed by atoms with Crippen molar-refractivity contribution >= 4 is 24.3 Å². The topological polar surface area (TPSA) is 17.1 Å². The third kappa shape index (κ3) is 38.3. The van der Waals surface area contributed by atoms with Crippen LogP contribution in [0.15, 0.2) is 0 Å². The van der Waals surface area contributed by atoms with Crippen LogP contribution in [0.1, 0.15) is 0 Å². The van der Waals surface area contributed by atoms with Gasteiger partial charge in [0.15, 0.2) is 0 Å². The standard InChI is InChI=1S/Al.BFH2.O.H/c;1-2;;/h;1H2;;. The Labute approximate surface area is 33.3 Å². The minimum atomic E-state index is 0.500. The molecule has 0 saturated carbocycles. The second kappa shape index (κ2) is 168. The van der Waals surface area contributed by atoms with Crippen LogP contribution in [0, 0.1) is 0 Å². The monoisotopic (exact) mass is 76.0 g/mol. The maximum atomic E-state index is 9.50. The Kier molecular flexibility index (Phi) is 372. The Morgan fingerprint density at radius 1 is 1.50 bits per heavy atom. The van der Waals surface area contributed by atoms with Gasteiger partial charge in [-0.1, -0.05) is 0 Å². The normalized spacial score (nSPS) is 2.00. The van der Waals surface area contributed by atoms with Crippen molar-refractivity contribution in [2.24, 2.45) is 0 Å². The van der Waals surface area contributed by atoms with E-state index in [1.54, 1.807) is 0 Å². The van der Waals surface area contributed by atoms with E-state index in [0.717, 1.165) is 0 Å². The van der Waals surface area contributed by atoms with E-state index in [1.165, 1.54) is 0 Å². The zero-order valence-corrected chi connectivity index (χ0v) is 3.91. The Bertz CT molecular complexity index is 8.00. The number of rotatable bonds is 0. The van der Waals surface area contributed by atoms with E-state index < -0.39 is 0 Å². The first kappa shape index (κ1) is 8.84. The van der Waals surface area contributed by atoms with Gasteiger partial charge in [0.05, 0.1) is 0 Å². The Morgan fingerprint density at radius 3 is 1.50 bits per heavy atom. The van der Waals surface area contributed by atoms with Crippen LogP contribution in [0.3, 0.4) is 0 Å². The molecular formula is H3AlBFO. The molecule has 0 unspecified atom stereocenters. The van der Waals surface area contributed by atoms with E-state index in [2.05, 4.69) is 0 Å². The molecule has 0 saturated heterocycles. The van der Waals surface area contributed by atoms with Gasteiger partial charge in [-0.3, -0.25) is 0 Å².